The van der Waals surface area contributed by atoms with Crippen LogP contribution in [-0.4, -0.2) is 53.1 Å². The van der Waals surface area contributed by atoms with E-state index in [0.717, 1.165) is 5.56 Å². The van der Waals surface area contributed by atoms with E-state index < -0.39 is 0 Å². The molecule has 170 valence electrons. The van der Waals surface area contributed by atoms with Crippen LogP contribution in [0.5, 0.6) is 17.4 Å². The summed E-state index contributed by atoms with van der Waals surface area (Å²) in [6.45, 7) is 0.450. The van der Waals surface area contributed by atoms with Crippen LogP contribution in [0.4, 0.5) is 0 Å². The summed E-state index contributed by atoms with van der Waals surface area (Å²) in [5.74, 6) is 1.72. The van der Waals surface area contributed by atoms with Crippen LogP contribution < -0.4 is 19.5 Å². The molecule has 0 unspecified atom stereocenters. The minimum Gasteiger partial charge on any atom is -0.493 e. The number of amides is 1. The molecule has 0 aliphatic carbocycles. The number of hydrogen-bond donors (Lipinski definition) is 1. The highest BCUT2D eigenvalue weighted by Gasteiger charge is 2.14. The first-order valence-electron chi connectivity index (χ1n) is 9.81. The number of carbonyl (C=O) groups excluding carboxylic acids is 1. The molecule has 0 fully saturated rings. The van der Waals surface area contributed by atoms with Crippen LogP contribution in [-0.2, 0) is 0 Å². The molecule has 0 saturated heterocycles. The number of ether oxygens (including phenoxy) is 3. The lowest BCUT2D eigenvalue weighted by molar-refractivity contribution is 0.0946. The highest BCUT2D eigenvalue weighted by Crippen LogP contribution is 2.31. The Balaban J connectivity index is 1.44. The maximum absolute atomic E-state index is 12.3. The lowest BCUT2D eigenvalue weighted by atomic mass is 10.2. The van der Waals surface area contributed by atoms with Crippen LogP contribution in [0.25, 0.3) is 17.0 Å². The third-order valence-electron chi connectivity index (χ3n) is 4.69. The third-order valence-corrected chi connectivity index (χ3v) is 5.24. The predicted molar refractivity (Wildman–Crippen MR) is 124 cm³/mol. The maximum Gasteiger partial charge on any atom is 0.252 e. The van der Waals surface area contributed by atoms with Crippen LogP contribution in [0.3, 0.4) is 0 Å². The van der Waals surface area contributed by atoms with Crippen molar-refractivity contribution in [1.82, 2.24) is 25.1 Å². The predicted octanol–water partition coefficient (Wildman–Crippen LogP) is 3.92. The number of fused-ring (bicyclic) bond motifs is 1. The number of halogens is 2. The van der Waals surface area contributed by atoms with Crippen molar-refractivity contribution < 1.29 is 19.0 Å². The van der Waals surface area contributed by atoms with Gasteiger partial charge in [-0.05, 0) is 42.5 Å². The van der Waals surface area contributed by atoms with E-state index in [4.69, 9.17) is 37.4 Å². The van der Waals surface area contributed by atoms with E-state index in [2.05, 4.69) is 20.6 Å². The SMILES string of the molecule is COc1ccc(-c2nnc3ccc(OCCNC(=O)c4ccc(Cl)cc4Cl)nn23)cc1OC. The topological polar surface area (TPSA) is 99.9 Å². The minimum atomic E-state index is -0.321. The van der Waals surface area contributed by atoms with Crippen LogP contribution in [0, 0.1) is 0 Å². The molecule has 0 saturated carbocycles. The number of aromatic nitrogens is 4. The van der Waals surface area contributed by atoms with Crippen molar-refractivity contribution in [3.8, 4) is 28.8 Å². The van der Waals surface area contributed by atoms with E-state index in [1.807, 2.05) is 6.07 Å². The van der Waals surface area contributed by atoms with E-state index >= 15 is 0 Å². The van der Waals surface area contributed by atoms with Crippen molar-refractivity contribution in [2.75, 3.05) is 27.4 Å². The Morgan fingerprint density at radius 3 is 2.58 bits per heavy atom. The fourth-order valence-electron chi connectivity index (χ4n) is 3.09. The molecular weight excluding hydrogens is 469 g/mol. The van der Waals surface area contributed by atoms with Gasteiger partial charge in [-0.15, -0.1) is 15.3 Å². The first kappa shape index (κ1) is 22.6. The van der Waals surface area contributed by atoms with E-state index in [9.17, 15) is 4.79 Å². The second-order valence-electron chi connectivity index (χ2n) is 6.76. The maximum atomic E-state index is 12.3. The van der Waals surface area contributed by atoms with Gasteiger partial charge in [0, 0.05) is 16.7 Å². The van der Waals surface area contributed by atoms with Gasteiger partial charge in [-0.2, -0.15) is 4.52 Å². The second kappa shape index (κ2) is 9.93. The molecule has 11 heteroatoms. The summed E-state index contributed by atoms with van der Waals surface area (Å²) >= 11 is 11.9. The summed E-state index contributed by atoms with van der Waals surface area (Å²) in [5.41, 5.74) is 1.64. The molecule has 1 N–H and O–H groups in total. The average molecular weight is 488 g/mol. The van der Waals surface area contributed by atoms with Gasteiger partial charge in [0.25, 0.3) is 5.91 Å². The first-order valence-corrected chi connectivity index (χ1v) is 10.6. The van der Waals surface area contributed by atoms with Gasteiger partial charge in [0.1, 0.15) is 6.61 Å². The summed E-state index contributed by atoms with van der Waals surface area (Å²) in [6, 6.07) is 13.5. The highest BCUT2D eigenvalue weighted by molar-refractivity contribution is 6.36. The fourth-order valence-corrected chi connectivity index (χ4v) is 3.59. The third kappa shape index (κ3) is 4.94. The van der Waals surface area contributed by atoms with Crippen LogP contribution in [0.2, 0.25) is 10.0 Å². The van der Waals surface area contributed by atoms with Crippen LogP contribution >= 0.6 is 23.2 Å². The largest absolute Gasteiger partial charge is 0.493 e. The first-order chi connectivity index (χ1) is 16.0. The monoisotopic (exact) mass is 487 g/mol. The molecule has 0 aliphatic rings. The molecule has 4 rings (SSSR count). The minimum absolute atomic E-state index is 0.198. The van der Waals surface area contributed by atoms with Gasteiger partial charge < -0.3 is 19.5 Å². The molecule has 0 aliphatic heterocycles. The molecule has 33 heavy (non-hydrogen) atoms. The molecule has 4 aromatic rings. The quantitative estimate of drug-likeness (QED) is 0.375. The highest BCUT2D eigenvalue weighted by atomic mass is 35.5. The Hall–Kier alpha value is -3.56. The standard InChI is InChI=1S/C22H19Cl2N5O4/c1-31-17-6-3-13(11-18(17)32-2)21-27-26-19-7-8-20(28-29(19)21)33-10-9-25-22(30)15-5-4-14(23)12-16(15)24/h3-8,11-12H,9-10H2,1-2H3,(H,25,30). The average Bonchev–Trinajstić information content (AvgIpc) is 3.24. The summed E-state index contributed by atoms with van der Waals surface area (Å²) in [7, 11) is 3.13. The van der Waals surface area contributed by atoms with Gasteiger partial charge in [-0.1, -0.05) is 23.2 Å². The van der Waals surface area contributed by atoms with Crippen molar-refractivity contribution in [1.29, 1.82) is 0 Å². The number of nitrogens with zero attached hydrogens (tertiary/aromatic N) is 4. The fraction of sp³-hybridized carbons (Fsp3) is 0.182. The number of rotatable bonds is 8. The lowest BCUT2D eigenvalue weighted by Gasteiger charge is -2.10. The zero-order chi connectivity index (χ0) is 23.4. The summed E-state index contributed by atoms with van der Waals surface area (Å²) in [4.78, 5) is 12.3. The Morgan fingerprint density at radius 2 is 1.82 bits per heavy atom. The van der Waals surface area contributed by atoms with Crippen molar-refractivity contribution in [3.05, 3.63) is 64.1 Å². The van der Waals surface area contributed by atoms with E-state index in [-0.39, 0.29) is 24.1 Å². The Kier molecular flexibility index (Phi) is 6.81. The van der Waals surface area contributed by atoms with E-state index in [1.165, 1.54) is 6.07 Å². The Labute approximate surface area is 199 Å². The van der Waals surface area contributed by atoms with Gasteiger partial charge in [-0.25, -0.2) is 0 Å². The number of hydrogen-bond acceptors (Lipinski definition) is 7. The van der Waals surface area contributed by atoms with Crippen LogP contribution in [0.15, 0.2) is 48.5 Å². The number of methoxy groups -OCH3 is 2. The van der Waals surface area contributed by atoms with Crippen molar-refractivity contribution in [2.45, 2.75) is 0 Å². The molecular formula is C22H19Cl2N5O4. The second-order valence-corrected chi connectivity index (χ2v) is 7.61. The number of carbonyl (C=O) groups is 1. The van der Waals surface area contributed by atoms with Gasteiger partial charge >= 0.3 is 0 Å². The van der Waals surface area contributed by atoms with Crippen molar-refractivity contribution in [2.24, 2.45) is 0 Å². The van der Waals surface area contributed by atoms with Crippen LogP contribution in [0.1, 0.15) is 10.4 Å². The van der Waals surface area contributed by atoms with Gasteiger partial charge in [0.2, 0.25) is 5.88 Å². The van der Waals surface area contributed by atoms with Crippen molar-refractivity contribution in [3.63, 3.8) is 0 Å². The smallest absolute Gasteiger partial charge is 0.252 e. The van der Waals surface area contributed by atoms with Gasteiger partial charge in [0.05, 0.1) is 31.4 Å². The zero-order valence-corrected chi connectivity index (χ0v) is 19.2. The summed E-state index contributed by atoms with van der Waals surface area (Å²) in [5, 5.41) is 16.3. The molecule has 2 aromatic carbocycles. The Bertz CT molecular complexity index is 1310. The van der Waals surface area contributed by atoms with E-state index in [0.29, 0.717) is 39.4 Å². The molecule has 0 bridgehead atoms. The molecule has 2 aromatic heterocycles. The molecule has 1 amide bonds. The van der Waals surface area contributed by atoms with Gasteiger partial charge in [-0.3, -0.25) is 4.79 Å². The summed E-state index contributed by atoms with van der Waals surface area (Å²) in [6.07, 6.45) is 0. The zero-order valence-electron chi connectivity index (χ0n) is 17.7. The number of nitrogens with one attached hydrogen (secondary N) is 1. The molecule has 0 atom stereocenters. The molecule has 9 nitrogen and oxygen atoms in total. The number of benzene rings is 2. The Morgan fingerprint density at radius 1 is 1.00 bits per heavy atom. The van der Waals surface area contributed by atoms with Crippen molar-refractivity contribution >= 4 is 34.8 Å². The molecule has 0 radical (unpaired) electrons. The normalized spacial score (nSPS) is 10.8. The molecule has 2 heterocycles. The molecule has 0 spiro atoms. The summed E-state index contributed by atoms with van der Waals surface area (Å²) < 4.78 is 17.9. The lowest BCUT2D eigenvalue weighted by Crippen LogP contribution is -2.28. The van der Waals surface area contributed by atoms with E-state index in [1.54, 1.807) is 55.1 Å². The van der Waals surface area contributed by atoms with Gasteiger partial charge in [0.15, 0.2) is 23.0 Å².